The number of rotatable bonds is 4. The Morgan fingerprint density at radius 3 is 2.48 bits per heavy atom. The number of carbonyl (C=O) groups is 2. The van der Waals surface area contributed by atoms with Gasteiger partial charge in [-0.1, -0.05) is 29.3 Å². The molecule has 2 aromatic carbocycles. The molecule has 1 aliphatic rings. The highest BCUT2D eigenvalue weighted by atomic mass is 35.5. The molecule has 0 aliphatic carbocycles. The lowest BCUT2D eigenvalue weighted by atomic mass is 10.2. The van der Waals surface area contributed by atoms with Gasteiger partial charge in [0.25, 0.3) is 5.91 Å². The van der Waals surface area contributed by atoms with Crippen molar-refractivity contribution in [2.24, 2.45) is 4.99 Å². The molecule has 0 spiro atoms. The van der Waals surface area contributed by atoms with Crippen LogP contribution in [0.25, 0.3) is 6.08 Å². The molecule has 2 amide bonds. The lowest BCUT2D eigenvalue weighted by Gasteiger charge is -2.09. The Kier molecular flexibility index (Phi) is 6.33. The molecule has 3 rings (SSSR count). The summed E-state index contributed by atoms with van der Waals surface area (Å²) in [5.41, 5.74) is 0.529. The van der Waals surface area contributed by atoms with E-state index in [4.69, 9.17) is 27.4 Å². The molecule has 0 bridgehead atoms. The van der Waals surface area contributed by atoms with Crippen molar-refractivity contribution < 1.29 is 22.2 Å². The van der Waals surface area contributed by atoms with E-state index in [1.54, 1.807) is 0 Å². The minimum atomic E-state index is -4.09. The van der Waals surface area contributed by atoms with Crippen LogP contribution in [0.2, 0.25) is 10.0 Å². The molecule has 1 N–H and O–H groups in total. The molecule has 2 aromatic rings. The van der Waals surface area contributed by atoms with Gasteiger partial charge in [-0.2, -0.15) is 13.4 Å². The van der Waals surface area contributed by atoms with Gasteiger partial charge < -0.3 is 9.50 Å². The summed E-state index contributed by atoms with van der Waals surface area (Å²) in [5.74, 6) is -0.901. The van der Waals surface area contributed by atoms with Crippen LogP contribution in [0.3, 0.4) is 0 Å². The number of aliphatic imine (C=N–C) groups is 1. The SMILES string of the molecule is CC(=O)NC1=NC(=O)/C(=C\c2ccc(OS(=O)(=O)c3ccc(Cl)cc3)c(Cl)c2)S1. The molecule has 0 aromatic heterocycles. The van der Waals surface area contributed by atoms with Crippen LogP contribution in [-0.2, 0) is 19.7 Å². The molecule has 1 heterocycles. The molecular weight excluding hydrogens is 459 g/mol. The molecule has 0 saturated heterocycles. The predicted molar refractivity (Wildman–Crippen MR) is 113 cm³/mol. The van der Waals surface area contributed by atoms with Crippen molar-refractivity contribution in [3.05, 3.63) is 63.0 Å². The van der Waals surface area contributed by atoms with Crippen LogP contribution in [0.1, 0.15) is 12.5 Å². The smallest absolute Gasteiger partial charge is 0.339 e. The first kappa shape index (κ1) is 21.4. The predicted octanol–water partition coefficient (Wildman–Crippen LogP) is 3.87. The van der Waals surface area contributed by atoms with Crippen LogP contribution in [0.5, 0.6) is 5.75 Å². The molecule has 0 atom stereocenters. The van der Waals surface area contributed by atoms with Gasteiger partial charge in [0.15, 0.2) is 10.9 Å². The van der Waals surface area contributed by atoms with Gasteiger partial charge in [0.1, 0.15) is 4.90 Å². The van der Waals surface area contributed by atoms with Crippen molar-refractivity contribution in [3.8, 4) is 5.75 Å². The van der Waals surface area contributed by atoms with Crippen LogP contribution < -0.4 is 9.50 Å². The van der Waals surface area contributed by atoms with E-state index >= 15 is 0 Å². The number of benzene rings is 2. The standard InChI is InChI=1S/C18H12Cl2N2O5S2/c1-10(23)21-18-22-17(24)16(28-18)9-11-2-7-15(14(20)8-11)27-29(25,26)13-5-3-12(19)4-6-13/h2-9H,1H3,(H,21,22,23,24)/b16-9+. The van der Waals surface area contributed by atoms with Gasteiger partial charge >= 0.3 is 10.1 Å². The Hall–Kier alpha value is -2.33. The monoisotopic (exact) mass is 470 g/mol. The summed E-state index contributed by atoms with van der Waals surface area (Å²) in [5, 5.41) is 3.06. The van der Waals surface area contributed by atoms with E-state index in [2.05, 4.69) is 10.3 Å². The number of hydrogen-bond donors (Lipinski definition) is 1. The Morgan fingerprint density at radius 1 is 1.17 bits per heavy atom. The second-order valence-corrected chi connectivity index (χ2v) is 9.12. The van der Waals surface area contributed by atoms with E-state index in [0.29, 0.717) is 10.6 Å². The maximum atomic E-state index is 12.4. The van der Waals surface area contributed by atoms with Crippen molar-refractivity contribution in [1.29, 1.82) is 0 Å². The van der Waals surface area contributed by atoms with Gasteiger partial charge in [0, 0.05) is 11.9 Å². The molecule has 7 nitrogen and oxygen atoms in total. The first-order valence-corrected chi connectivity index (χ1v) is 10.9. The molecule has 150 valence electrons. The van der Waals surface area contributed by atoms with Gasteiger partial charge in [-0.05, 0) is 59.8 Å². The maximum Gasteiger partial charge on any atom is 0.339 e. The second-order valence-electron chi connectivity index (χ2n) is 5.70. The summed E-state index contributed by atoms with van der Waals surface area (Å²) in [7, 11) is -4.09. The van der Waals surface area contributed by atoms with Crippen LogP contribution in [0.4, 0.5) is 0 Å². The van der Waals surface area contributed by atoms with E-state index in [0.717, 1.165) is 11.8 Å². The van der Waals surface area contributed by atoms with Crippen LogP contribution in [0, 0.1) is 0 Å². The molecular formula is C18H12Cl2N2O5S2. The van der Waals surface area contributed by atoms with Gasteiger partial charge in [0.05, 0.1) is 9.93 Å². The highest BCUT2D eigenvalue weighted by molar-refractivity contribution is 8.18. The number of nitrogens with zero attached hydrogens (tertiary/aromatic N) is 1. The molecule has 0 fully saturated rings. The molecule has 0 saturated carbocycles. The third-order valence-electron chi connectivity index (χ3n) is 3.46. The van der Waals surface area contributed by atoms with Gasteiger partial charge in [-0.15, -0.1) is 0 Å². The number of amidine groups is 1. The minimum absolute atomic E-state index is 0.0373. The molecule has 1 aliphatic heterocycles. The molecule has 0 radical (unpaired) electrons. The largest absolute Gasteiger partial charge is 0.377 e. The third-order valence-corrected chi connectivity index (χ3v) is 6.15. The number of carbonyl (C=O) groups excluding carboxylic acids is 2. The average Bonchev–Trinajstić information content (AvgIpc) is 2.96. The quantitative estimate of drug-likeness (QED) is 0.537. The van der Waals surface area contributed by atoms with Crippen LogP contribution >= 0.6 is 35.0 Å². The fraction of sp³-hybridized carbons (Fsp3) is 0.0556. The zero-order valence-electron chi connectivity index (χ0n) is 14.7. The van der Waals surface area contributed by atoms with Crippen molar-refractivity contribution in [3.63, 3.8) is 0 Å². The summed E-state index contributed by atoms with van der Waals surface area (Å²) in [6.45, 7) is 1.31. The van der Waals surface area contributed by atoms with Crippen LogP contribution in [0.15, 0.2) is 57.3 Å². The van der Waals surface area contributed by atoms with Crippen LogP contribution in [-0.4, -0.2) is 25.4 Å². The number of hydrogen-bond acceptors (Lipinski definition) is 6. The maximum absolute atomic E-state index is 12.4. The minimum Gasteiger partial charge on any atom is -0.377 e. The Bertz CT molecular complexity index is 1160. The fourth-order valence-electron chi connectivity index (χ4n) is 2.21. The first-order valence-electron chi connectivity index (χ1n) is 7.94. The Balaban J connectivity index is 1.78. The fourth-order valence-corrected chi connectivity index (χ4v) is 4.41. The van der Waals surface area contributed by atoms with E-state index in [1.807, 2.05) is 0 Å². The topological polar surface area (TPSA) is 102 Å². The summed E-state index contributed by atoms with van der Waals surface area (Å²) >= 11 is 12.9. The zero-order valence-corrected chi connectivity index (χ0v) is 17.8. The lowest BCUT2D eigenvalue weighted by Crippen LogP contribution is -2.23. The lowest BCUT2D eigenvalue weighted by molar-refractivity contribution is -0.117. The summed E-state index contributed by atoms with van der Waals surface area (Å²) in [4.78, 5) is 26.9. The van der Waals surface area contributed by atoms with E-state index in [9.17, 15) is 18.0 Å². The number of thioether (sulfide) groups is 1. The van der Waals surface area contributed by atoms with E-state index < -0.39 is 16.0 Å². The number of nitrogens with one attached hydrogen (secondary N) is 1. The molecule has 0 unspecified atom stereocenters. The first-order chi connectivity index (χ1) is 13.6. The average molecular weight is 471 g/mol. The Labute approximate surface area is 180 Å². The summed E-state index contributed by atoms with van der Waals surface area (Å²) < 4.78 is 29.8. The van der Waals surface area contributed by atoms with Crippen molar-refractivity contribution in [2.75, 3.05) is 0 Å². The normalized spacial score (nSPS) is 15.3. The van der Waals surface area contributed by atoms with Crippen molar-refractivity contribution in [1.82, 2.24) is 5.32 Å². The highest BCUT2D eigenvalue weighted by Crippen LogP contribution is 2.32. The zero-order chi connectivity index (χ0) is 21.2. The summed E-state index contributed by atoms with van der Waals surface area (Å²) in [6, 6.07) is 9.87. The van der Waals surface area contributed by atoms with Crippen molar-refractivity contribution >= 4 is 68.1 Å². The third kappa shape index (κ3) is 5.39. The van der Waals surface area contributed by atoms with E-state index in [-0.39, 0.29) is 31.6 Å². The number of halogens is 2. The highest BCUT2D eigenvalue weighted by Gasteiger charge is 2.23. The Morgan fingerprint density at radius 2 is 1.86 bits per heavy atom. The van der Waals surface area contributed by atoms with Gasteiger partial charge in [-0.3, -0.25) is 9.59 Å². The molecule has 11 heteroatoms. The second kappa shape index (κ2) is 8.58. The van der Waals surface area contributed by atoms with E-state index in [1.165, 1.54) is 55.5 Å². The van der Waals surface area contributed by atoms with Gasteiger partial charge in [0.2, 0.25) is 5.91 Å². The summed E-state index contributed by atoms with van der Waals surface area (Å²) in [6.07, 6.45) is 1.52. The molecule has 29 heavy (non-hydrogen) atoms. The van der Waals surface area contributed by atoms with Crippen molar-refractivity contribution in [2.45, 2.75) is 11.8 Å². The van der Waals surface area contributed by atoms with Gasteiger partial charge in [-0.25, -0.2) is 0 Å². The number of amides is 2.